The van der Waals surface area contributed by atoms with Crippen LogP contribution in [0.3, 0.4) is 0 Å². The number of aromatic amines is 1. The zero-order valence-electron chi connectivity index (χ0n) is 14.7. The molecule has 3 rings (SSSR count). The number of nitrogens with zero attached hydrogens (tertiary/aromatic N) is 1. The molecule has 2 N–H and O–H groups in total. The molecule has 29 heavy (non-hydrogen) atoms. The molecule has 3 aromatic rings. The topological polar surface area (TPSA) is 103 Å². The second-order valence-electron chi connectivity index (χ2n) is 6.21. The van der Waals surface area contributed by atoms with Crippen LogP contribution in [-0.4, -0.2) is 19.3 Å². The molecular weight excluding hydrogens is 407 g/mol. The first-order valence-electron chi connectivity index (χ1n) is 8.34. The number of fused-ring (bicyclic) bond motifs is 1. The van der Waals surface area contributed by atoms with Gasteiger partial charge in [-0.2, -0.15) is 18.4 Å². The minimum absolute atomic E-state index is 0.177. The van der Waals surface area contributed by atoms with E-state index in [0.717, 1.165) is 28.6 Å². The maximum Gasteiger partial charge on any atom is 0.417 e. The molecule has 0 spiro atoms. The number of nitrogens with one attached hydrogen (secondary N) is 2. The summed E-state index contributed by atoms with van der Waals surface area (Å²) in [7, 11) is -4.52. The van der Waals surface area contributed by atoms with E-state index in [-0.39, 0.29) is 12.8 Å². The standard InChI is InChI=1S/C19H14F3N3O3S/c20-19(21,22)16-9-14(7-5-12(16)10-23)29(27,28)25-18(26)8-6-13-11-24-17-4-2-1-3-15(13)17/h1-5,7,9,11,24H,6,8H2,(H,25,26). The summed E-state index contributed by atoms with van der Waals surface area (Å²) in [6.07, 6.45) is -3.13. The molecule has 0 bridgehead atoms. The van der Waals surface area contributed by atoms with Crippen molar-refractivity contribution in [2.24, 2.45) is 0 Å². The third-order valence-electron chi connectivity index (χ3n) is 4.27. The van der Waals surface area contributed by atoms with E-state index in [1.165, 1.54) is 6.07 Å². The lowest BCUT2D eigenvalue weighted by atomic mass is 10.1. The Morgan fingerprint density at radius 3 is 2.59 bits per heavy atom. The minimum Gasteiger partial charge on any atom is -0.361 e. The normalized spacial score (nSPS) is 11.9. The van der Waals surface area contributed by atoms with Crippen LogP contribution in [0.1, 0.15) is 23.1 Å². The SMILES string of the molecule is N#Cc1ccc(S(=O)(=O)NC(=O)CCc2c[nH]c3ccccc23)cc1C(F)(F)F. The predicted octanol–water partition coefficient (Wildman–Crippen LogP) is 3.50. The van der Waals surface area contributed by atoms with Gasteiger partial charge in [-0.3, -0.25) is 4.79 Å². The summed E-state index contributed by atoms with van der Waals surface area (Å²) in [6.45, 7) is 0. The highest BCUT2D eigenvalue weighted by atomic mass is 32.2. The summed E-state index contributed by atoms with van der Waals surface area (Å²) in [5.74, 6) is -0.854. The average molecular weight is 421 g/mol. The molecule has 0 aliphatic rings. The number of carbonyl (C=O) groups is 1. The predicted molar refractivity (Wildman–Crippen MR) is 98.1 cm³/mol. The van der Waals surface area contributed by atoms with Crippen LogP contribution in [0.25, 0.3) is 10.9 Å². The van der Waals surface area contributed by atoms with Gasteiger partial charge in [0.15, 0.2) is 0 Å². The molecule has 6 nitrogen and oxygen atoms in total. The fraction of sp³-hybridized carbons (Fsp3) is 0.158. The molecule has 0 fully saturated rings. The Bertz CT molecular complexity index is 1220. The molecule has 0 saturated heterocycles. The lowest BCUT2D eigenvalue weighted by Crippen LogP contribution is -2.31. The second kappa shape index (κ2) is 7.60. The van der Waals surface area contributed by atoms with Crippen LogP contribution in [0.5, 0.6) is 0 Å². The number of benzene rings is 2. The Morgan fingerprint density at radius 1 is 1.17 bits per heavy atom. The number of nitriles is 1. The number of halogens is 3. The first-order valence-corrected chi connectivity index (χ1v) is 9.82. The van der Waals surface area contributed by atoms with E-state index < -0.39 is 38.1 Å². The third-order valence-corrected chi connectivity index (χ3v) is 5.64. The van der Waals surface area contributed by atoms with Gasteiger partial charge in [0.1, 0.15) is 0 Å². The molecule has 0 radical (unpaired) electrons. The van der Waals surface area contributed by atoms with Crippen LogP contribution >= 0.6 is 0 Å². The van der Waals surface area contributed by atoms with Gasteiger partial charge in [-0.15, -0.1) is 0 Å². The maximum absolute atomic E-state index is 13.0. The third kappa shape index (κ3) is 4.41. The fourth-order valence-electron chi connectivity index (χ4n) is 2.87. The molecule has 150 valence electrons. The second-order valence-corrected chi connectivity index (χ2v) is 7.89. The van der Waals surface area contributed by atoms with Crippen LogP contribution in [0, 0.1) is 11.3 Å². The van der Waals surface area contributed by atoms with Crippen LogP contribution < -0.4 is 4.72 Å². The highest BCUT2D eigenvalue weighted by Crippen LogP contribution is 2.33. The maximum atomic E-state index is 13.0. The van der Waals surface area contributed by atoms with E-state index in [1.807, 2.05) is 24.3 Å². The van der Waals surface area contributed by atoms with E-state index >= 15 is 0 Å². The van der Waals surface area contributed by atoms with Crippen LogP contribution in [0.4, 0.5) is 13.2 Å². The van der Waals surface area contributed by atoms with Crippen molar-refractivity contribution in [1.29, 1.82) is 5.26 Å². The van der Waals surface area contributed by atoms with Gasteiger partial charge in [0.2, 0.25) is 5.91 Å². The number of aromatic nitrogens is 1. The Balaban J connectivity index is 1.75. The number of rotatable bonds is 5. The Hall–Kier alpha value is -3.32. The van der Waals surface area contributed by atoms with Crippen LogP contribution in [0.2, 0.25) is 0 Å². The van der Waals surface area contributed by atoms with E-state index in [2.05, 4.69) is 4.98 Å². The molecule has 1 amide bonds. The summed E-state index contributed by atoms with van der Waals surface area (Å²) in [5, 5.41) is 9.68. The monoisotopic (exact) mass is 421 g/mol. The number of amides is 1. The van der Waals surface area contributed by atoms with Gasteiger partial charge in [-0.05, 0) is 36.2 Å². The Labute approximate surface area is 164 Å². The largest absolute Gasteiger partial charge is 0.417 e. The number of carbonyl (C=O) groups excluding carboxylic acids is 1. The number of aryl methyl sites for hydroxylation is 1. The molecule has 10 heteroatoms. The molecule has 0 unspecified atom stereocenters. The lowest BCUT2D eigenvalue weighted by molar-refractivity contribution is -0.137. The van der Waals surface area contributed by atoms with E-state index in [1.54, 1.807) is 10.9 Å². The van der Waals surface area contributed by atoms with E-state index in [4.69, 9.17) is 5.26 Å². The molecule has 0 saturated carbocycles. The van der Waals surface area contributed by atoms with Crippen molar-refractivity contribution in [3.63, 3.8) is 0 Å². The number of para-hydroxylation sites is 1. The molecular formula is C19H14F3N3O3S. The lowest BCUT2D eigenvalue weighted by Gasteiger charge is -2.12. The quantitative estimate of drug-likeness (QED) is 0.658. The fourth-order valence-corrected chi connectivity index (χ4v) is 3.91. The molecule has 2 aromatic carbocycles. The van der Waals surface area contributed by atoms with E-state index in [0.29, 0.717) is 6.07 Å². The number of hydrogen-bond donors (Lipinski definition) is 2. The van der Waals surface area contributed by atoms with Crippen molar-refractivity contribution in [2.75, 3.05) is 0 Å². The molecule has 0 atom stereocenters. The van der Waals surface area contributed by atoms with Gasteiger partial charge in [-0.1, -0.05) is 18.2 Å². The van der Waals surface area contributed by atoms with Crippen molar-refractivity contribution in [3.8, 4) is 6.07 Å². The van der Waals surface area contributed by atoms with Crippen molar-refractivity contribution in [1.82, 2.24) is 9.71 Å². The molecule has 0 aliphatic carbocycles. The number of sulfonamides is 1. The number of hydrogen-bond acceptors (Lipinski definition) is 4. The Morgan fingerprint density at radius 2 is 1.90 bits per heavy atom. The van der Waals surface area contributed by atoms with Gasteiger partial charge < -0.3 is 4.98 Å². The van der Waals surface area contributed by atoms with Crippen molar-refractivity contribution in [2.45, 2.75) is 23.9 Å². The first-order chi connectivity index (χ1) is 13.6. The van der Waals surface area contributed by atoms with Crippen molar-refractivity contribution < 1.29 is 26.4 Å². The minimum atomic E-state index is -4.91. The summed E-state index contributed by atoms with van der Waals surface area (Å²) in [5.41, 5.74) is -0.407. The van der Waals surface area contributed by atoms with Crippen molar-refractivity contribution in [3.05, 3.63) is 65.4 Å². The summed E-state index contributed by atoms with van der Waals surface area (Å²) < 4.78 is 65.5. The van der Waals surface area contributed by atoms with Gasteiger partial charge >= 0.3 is 6.18 Å². The van der Waals surface area contributed by atoms with E-state index in [9.17, 15) is 26.4 Å². The molecule has 1 aromatic heterocycles. The molecule has 0 aliphatic heterocycles. The van der Waals surface area contributed by atoms with Gasteiger partial charge in [0, 0.05) is 23.5 Å². The summed E-state index contributed by atoms with van der Waals surface area (Å²) >= 11 is 0. The van der Waals surface area contributed by atoms with Gasteiger partial charge in [-0.25, -0.2) is 13.1 Å². The smallest absolute Gasteiger partial charge is 0.361 e. The zero-order valence-corrected chi connectivity index (χ0v) is 15.6. The van der Waals surface area contributed by atoms with Gasteiger partial charge in [0.05, 0.1) is 22.1 Å². The summed E-state index contributed by atoms with van der Waals surface area (Å²) in [6, 6.07) is 10.7. The number of alkyl halides is 3. The summed E-state index contributed by atoms with van der Waals surface area (Å²) in [4.78, 5) is 14.4. The number of H-pyrrole nitrogens is 1. The molecule has 1 heterocycles. The average Bonchev–Trinajstić information content (AvgIpc) is 3.08. The zero-order chi connectivity index (χ0) is 21.2. The van der Waals surface area contributed by atoms with Crippen LogP contribution in [-0.2, 0) is 27.4 Å². The Kier molecular flexibility index (Phi) is 5.35. The van der Waals surface area contributed by atoms with Crippen molar-refractivity contribution >= 4 is 26.8 Å². The first kappa shape index (κ1) is 20.4. The van der Waals surface area contributed by atoms with Gasteiger partial charge in [0.25, 0.3) is 10.0 Å². The highest BCUT2D eigenvalue weighted by molar-refractivity contribution is 7.90. The highest BCUT2D eigenvalue weighted by Gasteiger charge is 2.35. The van der Waals surface area contributed by atoms with Crippen LogP contribution in [0.15, 0.2) is 53.6 Å².